The van der Waals surface area contributed by atoms with Gasteiger partial charge in [-0.05, 0) is 76.1 Å². The van der Waals surface area contributed by atoms with E-state index in [1.807, 2.05) is 39.0 Å². The van der Waals surface area contributed by atoms with Crippen LogP contribution in [-0.2, 0) is 29.0 Å². The smallest absolute Gasteiger partial charge is 0.326 e. The molecule has 0 unspecified atom stereocenters. The highest BCUT2D eigenvalue weighted by molar-refractivity contribution is 5.70. The lowest BCUT2D eigenvalue weighted by molar-refractivity contribution is -0.155. The summed E-state index contributed by atoms with van der Waals surface area (Å²) in [4.78, 5) is 30.2. The number of nitrogens with one attached hydrogen (secondary N) is 2. The highest BCUT2D eigenvalue weighted by Gasteiger charge is 2.29. The second kappa shape index (κ2) is 8.13. The van der Waals surface area contributed by atoms with Gasteiger partial charge in [0.2, 0.25) is 0 Å². The molecule has 4 rings (SSSR count). The quantitative estimate of drug-likeness (QED) is 0.710. The Balaban J connectivity index is 1.52. The third kappa shape index (κ3) is 4.83. The maximum absolute atomic E-state index is 13.1. The number of esters is 1. The normalized spacial score (nSPS) is 15.8. The second-order valence-electron chi connectivity index (χ2n) is 9.12. The highest BCUT2D eigenvalue weighted by atomic mass is 16.6. The van der Waals surface area contributed by atoms with E-state index >= 15 is 0 Å². The number of aryl methyl sites for hydroxylation is 1. The van der Waals surface area contributed by atoms with Crippen molar-refractivity contribution in [2.75, 3.05) is 17.2 Å². The lowest BCUT2D eigenvalue weighted by atomic mass is 10.1. The number of nitrogens with zero attached hydrogens (tertiary/aromatic N) is 2. The van der Waals surface area contributed by atoms with E-state index in [1.165, 1.54) is 5.56 Å². The van der Waals surface area contributed by atoms with E-state index < -0.39 is 11.6 Å². The molecule has 2 aromatic heterocycles. The lowest BCUT2D eigenvalue weighted by Gasteiger charge is -2.21. The molecule has 1 aliphatic carbocycles. The Morgan fingerprint density at radius 2 is 2.07 bits per heavy atom. The van der Waals surface area contributed by atoms with Gasteiger partial charge in [0.25, 0.3) is 5.56 Å². The van der Waals surface area contributed by atoms with E-state index in [2.05, 4.69) is 21.7 Å². The van der Waals surface area contributed by atoms with Gasteiger partial charge in [0, 0.05) is 12.2 Å². The van der Waals surface area contributed by atoms with Crippen molar-refractivity contribution in [2.45, 2.75) is 71.1 Å². The summed E-state index contributed by atoms with van der Waals surface area (Å²) in [6.07, 6.45) is 4.26. The van der Waals surface area contributed by atoms with Gasteiger partial charge in [0.15, 0.2) is 0 Å². The Morgan fingerprint density at radius 3 is 2.80 bits per heavy atom. The third-order valence-corrected chi connectivity index (χ3v) is 5.32. The Labute approximate surface area is 176 Å². The standard InChI is InChI=1S/C23H30N4O3/c1-23(2,3)30-20(28)14-27-19(15-6-7-15)11-10-18(22(27)29)25-13-17-9-8-16-5-4-12-24-21(16)26-17/h8-11,15,25H,4-7,12-14H2,1-3H3,(H,24,26). The monoisotopic (exact) mass is 410 g/mol. The molecule has 30 heavy (non-hydrogen) atoms. The average Bonchev–Trinajstić information content (AvgIpc) is 3.52. The maximum Gasteiger partial charge on any atom is 0.326 e. The van der Waals surface area contributed by atoms with Crippen LogP contribution in [0.4, 0.5) is 11.5 Å². The van der Waals surface area contributed by atoms with Crippen LogP contribution in [0.3, 0.4) is 0 Å². The van der Waals surface area contributed by atoms with Crippen molar-refractivity contribution >= 4 is 17.5 Å². The van der Waals surface area contributed by atoms with E-state index in [9.17, 15) is 9.59 Å². The highest BCUT2D eigenvalue weighted by Crippen LogP contribution is 2.39. The van der Waals surface area contributed by atoms with Gasteiger partial charge in [0.1, 0.15) is 23.7 Å². The van der Waals surface area contributed by atoms with Crippen LogP contribution < -0.4 is 16.2 Å². The summed E-state index contributed by atoms with van der Waals surface area (Å²) in [6.45, 7) is 6.79. The minimum Gasteiger partial charge on any atom is -0.459 e. The summed E-state index contributed by atoms with van der Waals surface area (Å²) in [5.41, 5.74) is 2.71. The number of carbonyl (C=O) groups excluding carboxylic acids is 1. The summed E-state index contributed by atoms with van der Waals surface area (Å²) in [5, 5.41) is 6.54. The van der Waals surface area contributed by atoms with Crippen molar-refractivity contribution in [2.24, 2.45) is 0 Å². The Hall–Kier alpha value is -2.83. The maximum atomic E-state index is 13.1. The molecule has 1 saturated carbocycles. The van der Waals surface area contributed by atoms with E-state index in [-0.39, 0.29) is 12.1 Å². The van der Waals surface area contributed by atoms with Crippen molar-refractivity contribution in [1.29, 1.82) is 0 Å². The first-order chi connectivity index (χ1) is 14.3. The molecule has 2 N–H and O–H groups in total. The van der Waals surface area contributed by atoms with Gasteiger partial charge in [-0.2, -0.15) is 0 Å². The number of hydrogen-bond acceptors (Lipinski definition) is 6. The molecule has 3 heterocycles. The van der Waals surface area contributed by atoms with E-state index in [1.54, 1.807) is 4.57 Å². The predicted octanol–water partition coefficient (Wildman–Crippen LogP) is 3.43. The number of rotatable bonds is 6. The van der Waals surface area contributed by atoms with Gasteiger partial charge < -0.3 is 15.4 Å². The van der Waals surface area contributed by atoms with Crippen molar-refractivity contribution in [1.82, 2.24) is 9.55 Å². The largest absolute Gasteiger partial charge is 0.459 e. The molecule has 0 bridgehead atoms. The van der Waals surface area contributed by atoms with Crippen LogP contribution in [0, 0.1) is 0 Å². The Morgan fingerprint density at radius 1 is 1.27 bits per heavy atom. The molecule has 0 spiro atoms. The van der Waals surface area contributed by atoms with Gasteiger partial charge in [-0.1, -0.05) is 6.07 Å². The van der Waals surface area contributed by atoms with Gasteiger partial charge in [-0.25, -0.2) is 4.98 Å². The van der Waals surface area contributed by atoms with Crippen molar-refractivity contribution in [3.8, 4) is 0 Å². The number of ether oxygens (including phenoxy) is 1. The molecule has 7 nitrogen and oxygen atoms in total. The first kappa shape index (κ1) is 20.4. The number of carbonyl (C=O) groups is 1. The molecule has 0 amide bonds. The summed E-state index contributed by atoms with van der Waals surface area (Å²) < 4.78 is 7.00. The molecule has 0 radical (unpaired) electrons. The zero-order valence-electron chi connectivity index (χ0n) is 18.0. The molecular formula is C23H30N4O3. The van der Waals surface area contributed by atoms with Gasteiger partial charge in [-0.3, -0.25) is 14.2 Å². The van der Waals surface area contributed by atoms with Gasteiger partial charge in [0.05, 0.1) is 12.2 Å². The second-order valence-corrected chi connectivity index (χ2v) is 9.12. The van der Waals surface area contributed by atoms with E-state index in [0.717, 1.165) is 49.4 Å². The summed E-state index contributed by atoms with van der Waals surface area (Å²) >= 11 is 0. The predicted molar refractivity (Wildman–Crippen MR) is 117 cm³/mol. The number of anilines is 2. The van der Waals surface area contributed by atoms with Crippen LogP contribution in [0.1, 0.15) is 62.9 Å². The van der Waals surface area contributed by atoms with E-state index in [4.69, 9.17) is 4.74 Å². The zero-order chi connectivity index (χ0) is 21.3. The fourth-order valence-corrected chi connectivity index (χ4v) is 3.78. The molecule has 7 heteroatoms. The van der Waals surface area contributed by atoms with E-state index in [0.29, 0.717) is 18.2 Å². The van der Waals surface area contributed by atoms with Crippen molar-refractivity contribution < 1.29 is 9.53 Å². The van der Waals surface area contributed by atoms with Gasteiger partial charge >= 0.3 is 5.97 Å². The summed E-state index contributed by atoms with van der Waals surface area (Å²) in [5.74, 6) is 0.889. The summed E-state index contributed by atoms with van der Waals surface area (Å²) in [6, 6.07) is 7.87. The minimum absolute atomic E-state index is 0.0710. The average molecular weight is 411 g/mol. The molecule has 2 aliphatic rings. The SMILES string of the molecule is CC(C)(C)OC(=O)Cn1c(C2CC2)ccc(NCc2ccc3c(n2)NCCC3)c1=O. The van der Waals surface area contributed by atoms with Crippen LogP contribution in [0.5, 0.6) is 0 Å². The molecule has 160 valence electrons. The summed E-state index contributed by atoms with van der Waals surface area (Å²) in [7, 11) is 0. The molecule has 0 aromatic carbocycles. The number of hydrogen-bond donors (Lipinski definition) is 2. The fraction of sp³-hybridized carbons (Fsp3) is 0.522. The van der Waals surface area contributed by atoms with Crippen LogP contribution in [0.25, 0.3) is 0 Å². The molecule has 0 atom stereocenters. The Kier molecular flexibility index (Phi) is 5.54. The van der Waals surface area contributed by atoms with Crippen LogP contribution in [-0.4, -0.2) is 27.7 Å². The molecule has 0 saturated heterocycles. The molecule has 1 aliphatic heterocycles. The first-order valence-electron chi connectivity index (χ1n) is 10.7. The Bertz CT molecular complexity index is 1000. The van der Waals surface area contributed by atoms with Gasteiger partial charge in [-0.15, -0.1) is 0 Å². The van der Waals surface area contributed by atoms with Crippen LogP contribution >= 0.6 is 0 Å². The third-order valence-electron chi connectivity index (χ3n) is 5.32. The molecular weight excluding hydrogens is 380 g/mol. The number of fused-ring (bicyclic) bond motifs is 1. The van der Waals surface area contributed by atoms with Crippen molar-refractivity contribution in [3.63, 3.8) is 0 Å². The zero-order valence-corrected chi connectivity index (χ0v) is 18.0. The number of aromatic nitrogens is 2. The minimum atomic E-state index is -0.581. The lowest BCUT2D eigenvalue weighted by Crippen LogP contribution is -2.33. The molecule has 1 fully saturated rings. The topological polar surface area (TPSA) is 85.2 Å². The molecule has 2 aromatic rings. The van der Waals surface area contributed by atoms with Crippen LogP contribution in [0.15, 0.2) is 29.1 Å². The first-order valence-corrected chi connectivity index (χ1v) is 10.7. The number of pyridine rings is 2. The fourth-order valence-electron chi connectivity index (χ4n) is 3.78. The van der Waals surface area contributed by atoms with Crippen LogP contribution in [0.2, 0.25) is 0 Å². The van der Waals surface area contributed by atoms with Crippen molar-refractivity contribution in [3.05, 3.63) is 51.6 Å².